The number of ether oxygens (including phenoxy) is 1. The second-order valence-electron chi connectivity index (χ2n) is 9.23. The summed E-state index contributed by atoms with van der Waals surface area (Å²) in [6, 6.07) is 2.85. The van der Waals surface area contributed by atoms with Crippen LogP contribution in [0, 0.1) is 23.7 Å². The highest BCUT2D eigenvalue weighted by molar-refractivity contribution is 6.32. The van der Waals surface area contributed by atoms with Crippen molar-refractivity contribution in [2.45, 2.75) is 24.0 Å². The highest BCUT2D eigenvalue weighted by Crippen LogP contribution is 2.54. The van der Waals surface area contributed by atoms with Crippen molar-refractivity contribution >= 4 is 35.0 Å². The van der Waals surface area contributed by atoms with Crippen LogP contribution in [0.2, 0.25) is 0 Å². The number of primary amides is 1. The fourth-order valence-electron chi connectivity index (χ4n) is 6.02. The molecule has 3 aliphatic rings. The van der Waals surface area contributed by atoms with Crippen LogP contribution in [0.1, 0.15) is 28.3 Å². The zero-order valence-electron chi connectivity index (χ0n) is 18.7. The molecular formula is C23H24N2O9. The number of rotatable bonds is 3. The van der Waals surface area contributed by atoms with Gasteiger partial charge in [0.25, 0.3) is 0 Å². The van der Waals surface area contributed by atoms with Crippen molar-refractivity contribution in [3.63, 3.8) is 0 Å². The smallest absolute Gasteiger partial charge is 0.313 e. The van der Waals surface area contributed by atoms with E-state index in [-0.39, 0.29) is 17.5 Å². The summed E-state index contributed by atoms with van der Waals surface area (Å²) in [5, 5.41) is 21.9. The number of amides is 1. The Hall–Kier alpha value is -3.44. The molecule has 0 heterocycles. The first-order valence-electron chi connectivity index (χ1n) is 10.6. The summed E-state index contributed by atoms with van der Waals surface area (Å²) in [6.45, 7) is 0. The molecule has 0 aromatic heterocycles. The van der Waals surface area contributed by atoms with Gasteiger partial charge in [-0.25, -0.2) is 0 Å². The monoisotopic (exact) mass is 472 g/mol. The van der Waals surface area contributed by atoms with Gasteiger partial charge in [-0.1, -0.05) is 12.1 Å². The molecule has 0 aliphatic heterocycles. The van der Waals surface area contributed by atoms with Gasteiger partial charge in [-0.15, -0.1) is 0 Å². The Balaban J connectivity index is 1.96. The number of ketones is 4. The first-order valence-corrected chi connectivity index (χ1v) is 10.6. The average molecular weight is 472 g/mol. The number of fused-ring (bicyclic) bond motifs is 3. The number of carbonyl (C=O) groups is 6. The van der Waals surface area contributed by atoms with Crippen LogP contribution in [0.3, 0.4) is 0 Å². The minimum absolute atomic E-state index is 0.154. The summed E-state index contributed by atoms with van der Waals surface area (Å²) in [5.74, 6) is -14.2. The quantitative estimate of drug-likeness (QED) is 0.349. The van der Waals surface area contributed by atoms with Gasteiger partial charge in [0.2, 0.25) is 5.91 Å². The number of likely N-dealkylation sites (N-methyl/N-ethyl adjacent to an activating group) is 1. The number of phenols is 1. The highest BCUT2D eigenvalue weighted by Gasteiger charge is 2.70. The molecule has 1 amide bonds. The van der Waals surface area contributed by atoms with Crippen molar-refractivity contribution < 1.29 is 43.7 Å². The minimum Gasteiger partial charge on any atom is -0.507 e. The molecule has 2 saturated carbocycles. The molecule has 1 aromatic carbocycles. The first-order chi connectivity index (χ1) is 15.9. The standard InChI is InChI=1S/C23H24N2O9/c1-25(2)16-10-7-9-12(22(32)34-3)8-5-4-6-11(26)13(8)17(27)14(9)19(29)23(10,33)20(30)15(18(16)28)21(24)31/h4-6,9-10,12,14-16,26,33H,7H2,1-3H3,(H2,24,31)/t9-,10+,12+,14?,15?,16+,23+/m1/s1. The van der Waals surface area contributed by atoms with Gasteiger partial charge >= 0.3 is 5.97 Å². The van der Waals surface area contributed by atoms with Crippen LogP contribution < -0.4 is 5.73 Å². The Kier molecular flexibility index (Phi) is 5.45. The maximum Gasteiger partial charge on any atom is 0.313 e. The molecule has 2 unspecified atom stereocenters. The molecule has 0 bridgehead atoms. The maximum absolute atomic E-state index is 13.7. The molecule has 4 N–H and O–H groups in total. The molecule has 0 radical (unpaired) electrons. The van der Waals surface area contributed by atoms with Crippen molar-refractivity contribution in [3.8, 4) is 5.75 Å². The second-order valence-corrected chi connectivity index (χ2v) is 9.23. The average Bonchev–Trinajstić information content (AvgIpc) is 2.75. The Morgan fingerprint density at radius 2 is 1.79 bits per heavy atom. The Morgan fingerprint density at radius 1 is 1.15 bits per heavy atom. The number of esters is 1. The van der Waals surface area contributed by atoms with Crippen molar-refractivity contribution in [2.75, 3.05) is 21.2 Å². The van der Waals surface area contributed by atoms with E-state index >= 15 is 0 Å². The van der Waals surface area contributed by atoms with E-state index in [0.717, 1.165) is 7.11 Å². The molecule has 7 atom stereocenters. The van der Waals surface area contributed by atoms with Gasteiger partial charge < -0.3 is 20.7 Å². The van der Waals surface area contributed by atoms with E-state index in [1.54, 1.807) is 0 Å². The third-order valence-electron chi connectivity index (χ3n) is 7.41. The third kappa shape index (κ3) is 2.90. The molecule has 11 nitrogen and oxygen atoms in total. The molecule has 180 valence electrons. The summed E-state index contributed by atoms with van der Waals surface area (Å²) in [6.07, 6.45) is -0.251. The maximum atomic E-state index is 13.7. The third-order valence-corrected chi connectivity index (χ3v) is 7.41. The topological polar surface area (TPSA) is 181 Å². The lowest BCUT2D eigenvalue weighted by molar-refractivity contribution is -0.182. The second kappa shape index (κ2) is 7.81. The van der Waals surface area contributed by atoms with Crippen LogP contribution >= 0.6 is 0 Å². The number of aromatic hydroxyl groups is 1. The van der Waals surface area contributed by atoms with Gasteiger partial charge in [-0.05, 0) is 38.1 Å². The van der Waals surface area contributed by atoms with Gasteiger partial charge in [-0.3, -0.25) is 33.7 Å². The van der Waals surface area contributed by atoms with E-state index in [4.69, 9.17) is 10.5 Å². The van der Waals surface area contributed by atoms with Gasteiger partial charge in [0.15, 0.2) is 34.7 Å². The number of benzene rings is 1. The van der Waals surface area contributed by atoms with E-state index in [1.165, 1.54) is 37.2 Å². The van der Waals surface area contributed by atoms with Gasteiger partial charge in [0.1, 0.15) is 5.75 Å². The Labute approximate surface area is 193 Å². The molecule has 0 spiro atoms. The van der Waals surface area contributed by atoms with Gasteiger partial charge in [0, 0.05) is 5.92 Å². The van der Waals surface area contributed by atoms with E-state index in [0.29, 0.717) is 0 Å². The normalized spacial score (nSPS) is 34.9. The SMILES string of the molecule is COC(=O)[C@H]1c2cccc(O)c2C(=O)C2C(=O)[C@]3(O)C(=O)C(C(N)=O)C(=O)[C@@H](N(C)C)[C@@H]3C[C@@H]21. The molecule has 4 rings (SSSR count). The summed E-state index contributed by atoms with van der Waals surface area (Å²) < 4.78 is 4.92. The van der Waals surface area contributed by atoms with Crippen molar-refractivity contribution in [1.82, 2.24) is 4.90 Å². The molecule has 2 fully saturated rings. The van der Waals surface area contributed by atoms with E-state index < -0.39 is 82.0 Å². The van der Waals surface area contributed by atoms with Gasteiger partial charge in [0.05, 0.1) is 30.6 Å². The zero-order valence-corrected chi connectivity index (χ0v) is 18.7. The largest absolute Gasteiger partial charge is 0.507 e. The lowest BCUT2D eigenvalue weighted by atomic mass is 9.50. The predicted molar refractivity (Wildman–Crippen MR) is 112 cm³/mol. The van der Waals surface area contributed by atoms with Crippen LogP contribution in [0.25, 0.3) is 0 Å². The number of hydrogen-bond donors (Lipinski definition) is 3. The molecule has 0 saturated heterocycles. The number of nitrogens with zero attached hydrogens (tertiary/aromatic N) is 1. The number of phenolic OH excluding ortho intramolecular Hbond substituents is 1. The number of carbonyl (C=O) groups excluding carboxylic acids is 6. The Bertz CT molecular complexity index is 1160. The molecular weight excluding hydrogens is 448 g/mol. The molecule has 1 aromatic rings. The lowest BCUT2D eigenvalue weighted by Gasteiger charge is -2.53. The summed E-state index contributed by atoms with van der Waals surface area (Å²) >= 11 is 0. The van der Waals surface area contributed by atoms with Crippen LogP contribution in [0.5, 0.6) is 5.75 Å². The number of aliphatic hydroxyl groups is 1. The molecule has 3 aliphatic carbocycles. The van der Waals surface area contributed by atoms with Crippen LogP contribution in [0.15, 0.2) is 18.2 Å². The van der Waals surface area contributed by atoms with Crippen molar-refractivity contribution in [2.24, 2.45) is 29.4 Å². The fraction of sp³-hybridized carbons (Fsp3) is 0.478. The highest BCUT2D eigenvalue weighted by atomic mass is 16.5. The Morgan fingerprint density at radius 3 is 2.35 bits per heavy atom. The fourth-order valence-corrected chi connectivity index (χ4v) is 6.02. The summed E-state index contributed by atoms with van der Waals surface area (Å²) in [5.41, 5.74) is 2.30. The van der Waals surface area contributed by atoms with Crippen LogP contribution in [0.4, 0.5) is 0 Å². The van der Waals surface area contributed by atoms with E-state index in [9.17, 15) is 39.0 Å². The van der Waals surface area contributed by atoms with Gasteiger partial charge in [-0.2, -0.15) is 0 Å². The molecule has 34 heavy (non-hydrogen) atoms. The summed E-state index contributed by atoms with van der Waals surface area (Å²) in [4.78, 5) is 79.7. The van der Waals surface area contributed by atoms with Crippen molar-refractivity contribution in [3.05, 3.63) is 29.3 Å². The van der Waals surface area contributed by atoms with Crippen LogP contribution in [-0.2, 0) is 28.7 Å². The first kappa shape index (κ1) is 23.7. The summed E-state index contributed by atoms with van der Waals surface area (Å²) in [7, 11) is 4.08. The van der Waals surface area contributed by atoms with E-state index in [2.05, 4.69) is 0 Å². The minimum atomic E-state index is -2.86. The number of nitrogens with two attached hydrogens (primary N) is 1. The van der Waals surface area contributed by atoms with Crippen LogP contribution in [-0.4, -0.2) is 83.0 Å². The lowest BCUT2D eigenvalue weighted by Crippen LogP contribution is -2.74. The number of Topliss-reactive ketones (excluding diaryl/α,β-unsaturated/α-hetero) is 4. The number of methoxy groups -OCH3 is 1. The number of hydrogen-bond acceptors (Lipinski definition) is 10. The predicted octanol–water partition coefficient (Wildman–Crippen LogP) is -1.42. The van der Waals surface area contributed by atoms with E-state index in [1.807, 2.05) is 0 Å². The zero-order chi connectivity index (χ0) is 25.3. The van der Waals surface area contributed by atoms with Crippen molar-refractivity contribution in [1.29, 1.82) is 0 Å². The molecule has 11 heteroatoms.